The van der Waals surface area contributed by atoms with E-state index in [1.54, 1.807) is 24.3 Å². The Morgan fingerprint density at radius 1 is 1.24 bits per heavy atom. The summed E-state index contributed by atoms with van der Waals surface area (Å²) in [5.74, 6) is 0.916. The van der Waals surface area contributed by atoms with Crippen molar-refractivity contribution in [3.8, 4) is 5.75 Å². The summed E-state index contributed by atoms with van der Waals surface area (Å²) >= 11 is 12.6. The van der Waals surface area contributed by atoms with Gasteiger partial charge in [-0.3, -0.25) is 9.69 Å². The lowest BCUT2D eigenvalue weighted by Crippen LogP contribution is -2.41. The van der Waals surface area contributed by atoms with Crippen LogP contribution in [-0.2, 0) is 11.2 Å². The van der Waals surface area contributed by atoms with Gasteiger partial charge in [0.2, 0.25) is 5.95 Å². The van der Waals surface area contributed by atoms with Crippen molar-refractivity contribution in [2.24, 2.45) is 0 Å². The molecule has 0 radical (unpaired) electrons. The average Bonchev–Trinajstić information content (AvgIpc) is 3.35. The lowest BCUT2D eigenvalue weighted by molar-refractivity contribution is 0.0383. The van der Waals surface area contributed by atoms with Crippen LogP contribution in [0.4, 0.5) is 11.6 Å². The van der Waals surface area contributed by atoms with Crippen molar-refractivity contribution in [3.63, 3.8) is 0 Å². The molecule has 10 heteroatoms. The van der Waals surface area contributed by atoms with E-state index in [0.29, 0.717) is 46.0 Å². The monoisotopic (exact) mass is 503 g/mol. The Morgan fingerprint density at radius 3 is 2.71 bits per heavy atom. The summed E-state index contributed by atoms with van der Waals surface area (Å²) < 4.78 is 11.6. The van der Waals surface area contributed by atoms with Gasteiger partial charge in [0.15, 0.2) is 0 Å². The Bertz CT molecular complexity index is 1220. The zero-order chi connectivity index (χ0) is 23.9. The third kappa shape index (κ3) is 4.68. The van der Waals surface area contributed by atoms with Crippen LogP contribution in [0, 0.1) is 0 Å². The summed E-state index contributed by atoms with van der Waals surface area (Å²) in [5.41, 5.74) is 3.05. The van der Waals surface area contributed by atoms with E-state index in [4.69, 9.17) is 37.7 Å². The second kappa shape index (κ2) is 9.26. The number of nitrogens with one attached hydrogen (secondary N) is 3. The third-order valence-corrected chi connectivity index (χ3v) is 6.70. The quantitative estimate of drug-likeness (QED) is 0.462. The maximum absolute atomic E-state index is 13.2. The smallest absolute Gasteiger partial charge is 0.255 e. The molecule has 3 aromatic rings. The van der Waals surface area contributed by atoms with E-state index >= 15 is 0 Å². The Morgan fingerprint density at radius 2 is 1.97 bits per heavy atom. The summed E-state index contributed by atoms with van der Waals surface area (Å²) in [7, 11) is 0. The van der Waals surface area contributed by atoms with Crippen molar-refractivity contribution < 1.29 is 14.3 Å². The number of carbonyl (C=O) groups is 1. The van der Waals surface area contributed by atoms with Gasteiger partial charge in [-0.2, -0.15) is 0 Å². The standard InChI is InChI=1S/C24H27Cl2N5O3/c1-24(2)13-15-19-18(28-23(29-19)30-20-16(25)4-3-5-17(20)26)12-14(21(15)34-24)22(32)27-6-7-31-8-10-33-11-9-31/h3-5,12H,6-11,13H2,1-2H3,(H,27,32)(H2,28,29,30). The fraction of sp³-hybridized carbons (Fsp3) is 0.417. The van der Waals surface area contributed by atoms with Crippen LogP contribution >= 0.6 is 23.2 Å². The molecular formula is C24H27Cl2N5O3. The number of H-pyrrole nitrogens is 1. The van der Waals surface area contributed by atoms with Crippen LogP contribution in [0.2, 0.25) is 10.0 Å². The minimum atomic E-state index is -0.433. The van der Waals surface area contributed by atoms with Crippen molar-refractivity contribution in [2.75, 3.05) is 44.7 Å². The van der Waals surface area contributed by atoms with Crippen LogP contribution in [0.25, 0.3) is 11.0 Å². The summed E-state index contributed by atoms with van der Waals surface area (Å²) in [5, 5.41) is 7.19. The molecular weight excluding hydrogens is 477 g/mol. The molecule has 0 saturated carbocycles. The molecule has 0 atom stereocenters. The molecule has 0 bridgehead atoms. The molecule has 2 aromatic carbocycles. The number of amides is 1. The number of halogens is 2. The molecule has 1 fully saturated rings. The van der Waals surface area contributed by atoms with E-state index in [0.717, 1.165) is 49.4 Å². The minimum Gasteiger partial charge on any atom is -0.486 e. The molecule has 1 saturated heterocycles. The number of aromatic nitrogens is 2. The number of benzene rings is 2. The molecule has 180 valence electrons. The highest BCUT2D eigenvalue weighted by molar-refractivity contribution is 6.39. The van der Waals surface area contributed by atoms with Crippen LogP contribution in [0.1, 0.15) is 29.8 Å². The molecule has 0 spiro atoms. The van der Waals surface area contributed by atoms with E-state index in [-0.39, 0.29) is 5.91 Å². The summed E-state index contributed by atoms with van der Waals surface area (Å²) in [4.78, 5) is 23.4. The molecule has 0 unspecified atom stereocenters. The van der Waals surface area contributed by atoms with Crippen LogP contribution in [0.3, 0.4) is 0 Å². The molecule has 5 rings (SSSR count). The zero-order valence-electron chi connectivity index (χ0n) is 19.1. The summed E-state index contributed by atoms with van der Waals surface area (Å²) in [6, 6.07) is 7.09. The molecule has 34 heavy (non-hydrogen) atoms. The van der Waals surface area contributed by atoms with Gasteiger partial charge in [0.05, 0.1) is 45.5 Å². The highest BCUT2D eigenvalue weighted by Crippen LogP contribution is 2.42. The number of rotatable bonds is 6. The number of hydrogen-bond acceptors (Lipinski definition) is 6. The number of morpholine rings is 1. The number of nitrogens with zero attached hydrogens (tertiary/aromatic N) is 2. The average molecular weight is 504 g/mol. The van der Waals surface area contributed by atoms with Gasteiger partial charge in [-0.25, -0.2) is 4.98 Å². The van der Waals surface area contributed by atoms with Crippen molar-refractivity contribution in [2.45, 2.75) is 25.9 Å². The Labute approximate surface area is 207 Å². The second-order valence-electron chi connectivity index (χ2n) is 9.18. The third-order valence-electron chi connectivity index (χ3n) is 6.07. The number of hydrogen-bond donors (Lipinski definition) is 3. The van der Waals surface area contributed by atoms with E-state index in [2.05, 4.69) is 20.5 Å². The highest BCUT2D eigenvalue weighted by atomic mass is 35.5. The van der Waals surface area contributed by atoms with Crippen LogP contribution in [0.5, 0.6) is 5.75 Å². The predicted molar refractivity (Wildman–Crippen MR) is 134 cm³/mol. The number of imidazole rings is 1. The van der Waals surface area contributed by atoms with Gasteiger partial charge in [-0.05, 0) is 32.0 Å². The van der Waals surface area contributed by atoms with Crippen LogP contribution in [-0.4, -0.2) is 65.8 Å². The molecule has 3 heterocycles. The molecule has 8 nitrogen and oxygen atoms in total. The van der Waals surface area contributed by atoms with E-state index in [1.165, 1.54) is 0 Å². The van der Waals surface area contributed by atoms with Gasteiger partial charge < -0.3 is 25.1 Å². The molecule has 3 N–H and O–H groups in total. The number of carbonyl (C=O) groups excluding carboxylic acids is 1. The van der Waals surface area contributed by atoms with E-state index in [9.17, 15) is 4.79 Å². The van der Waals surface area contributed by atoms with E-state index in [1.807, 2.05) is 13.8 Å². The van der Waals surface area contributed by atoms with E-state index < -0.39 is 5.60 Å². The topological polar surface area (TPSA) is 91.5 Å². The lowest BCUT2D eigenvalue weighted by atomic mass is 9.99. The Balaban J connectivity index is 1.42. The molecule has 0 aliphatic carbocycles. The molecule has 1 amide bonds. The maximum atomic E-state index is 13.2. The fourth-order valence-electron chi connectivity index (χ4n) is 4.43. The van der Waals surface area contributed by atoms with Gasteiger partial charge in [0.25, 0.3) is 5.91 Å². The Kier molecular flexibility index (Phi) is 6.33. The molecule has 2 aliphatic rings. The van der Waals surface area contributed by atoms with Gasteiger partial charge >= 0.3 is 0 Å². The normalized spacial score (nSPS) is 17.4. The number of anilines is 2. The first-order valence-electron chi connectivity index (χ1n) is 11.3. The van der Waals surface area contributed by atoms with Crippen LogP contribution < -0.4 is 15.4 Å². The van der Waals surface area contributed by atoms with Crippen molar-refractivity contribution in [1.82, 2.24) is 20.2 Å². The van der Waals surface area contributed by atoms with Gasteiger partial charge in [-0.15, -0.1) is 0 Å². The first-order chi connectivity index (χ1) is 16.3. The van der Waals surface area contributed by atoms with Crippen LogP contribution in [0.15, 0.2) is 24.3 Å². The molecule has 1 aromatic heterocycles. The fourth-order valence-corrected chi connectivity index (χ4v) is 4.92. The van der Waals surface area contributed by atoms with Gasteiger partial charge in [0, 0.05) is 38.2 Å². The lowest BCUT2D eigenvalue weighted by Gasteiger charge is -2.26. The minimum absolute atomic E-state index is 0.164. The summed E-state index contributed by atoms with van der Waals surface area (Å²) in [6.45, 7) is 8.58. The first kappa shape index (κ1) is 23.2. The SMILES string of the molecule is CC1(C)Cc2c(c(C(=O)NCCN3CCOCC3)cc3[nH]c(Nc4c(Cl)cccc4Cl)nc23)O1. The highest BCUT2D eigenvalue weighted by Gasteiger charge is 2.36. The second-order valence-corrected chi connectivity index (χ2v) is 10.00. The first-order valence-corrected chi connectivity index (χ1v) is 12.1. The maximum Gasteiger partial charge on any atom is 0.255 e. The van der Waals surface area contributed by atoms with Crippen molar-refractivity contribution >= 4 is 51.8 Å². The predicted octanol–water partition coefficient (Wildman–Crippen LogP) is 4.39. The van der Waals surface area contributed by atoms with Gasteiger partial charge in [-0.1, -0.05) is 29.3 Å². The number of fused-ring (bicyclic) bond motifs is 3. The number of aromatic amines is 1. The van der Waals surface area contributed by atoms with Crippen molar-refractivity contribution in [1.29, 1.82) is 0 Å². The largest absolute Gasteiger partial charge is 0.486 e. The Hall–Kier alpha value is -2.52. The zero-order valence-corrected chi connectivity index (χ0v) is 20.6. The molecule has 2 aliphatic heterocycles. The van der Waals surface area contributed by atoms with Gasteiger partial charge in [0.1, 0.15) is 11.4 Å². The van der Waals surface area contributed by atoms with Crippen molar-refractivity contribution in [3.05, 3.63) is 45.4 Å². The summed E-state index contributed by atoms with van der Waals surface area (Å²) in [6.07, 6.45) is 0.644. The number of ether oxygens (including phenoxy) is 2. The number of para-hydroxylation sites is 1.